The number of amides is 1. The van der Waals surface area contributed by atoms with Crippen LogP contribution in [0.25, 0.3) is 0 Å². The maximum absolute atomic E-state index is 12.9. The van der Waals surface area contributed by atoms with E-state index < -0.39 is 48.7 Å². The summed E-state index contributed by atoms with van der Waals surface area (Å²) in [6, 6.07) is 4.03. The van der Waals surface area contributed by atoms with Gasteiger partial charge in [0.05, 0.1) is 15.6 Å². The lowest BCUT2D eigenvalue weighted by atomic mass is 9.88. The molecule has 1 aromatic rings. The molecule has 2 saturated heterocycles. The Labute approximate surface area is 166 Å². The van der Waals surface area contributed by atoms with Gasteiger partial charge in [0.25, 0.3) is 5.69 Å². The smallest absolute Gasteiger partial charge is 0.330 e. The van der Waals surface area contributed by atoms with Crippen molar-refractivity contribution in [3.8, 4) is 0 Å². The third-order valence-electron chi connectivity index (χ3n) is 5.44. The normalized spacial score (nSPS) is 26.4. The molecule has 2 fully saturated rings. The van der Waals surface area contributed by atoms with E-state index in [1.54, 1.807) is 0 Å². The largest absolute Gasteiger partial charge is 0.459 e. The third-order valence-corrected chi connectivity index (χ3v) is 8.32. The number of β-lactam (4-membered cyclic amide) rings is 1. The number of nitrogens with zero attached hydrogens (tertiary/aromatic N) is 2. The Kier molecular flexibility index (Phi) is 4.98. The zero-order valence-electron chi connectivity index (χ0n) is 16.0. The highest BCUT2D eigenvalue weighted by molar-refractivity contribution is 7.93. The number of hydrogen-bond donors (Lipinski definition) is 0. The Morgan fingerprint density at radius 3 is 2.34 bits per heavy atom. The molecule has 2 aliphatic rings. The molecule has 10 nitrogen and oxygen atoms in total. The van der Waals surface area contributed by atoms with E-state index in [1.165, 1.54) is 45.0 Å². The van der Waals surface area contributed by atoms with Crippen LogP contribution in [0.4, 0.5) is 5.69 Å². The molecule has 0 aliphatic carbocycles. The lowest BCUT2D eigenvalue weighted by Crippen LogP contribution is -2.63. The van der Waals surface area contributed by atoms with Crippen molar-refractivity contribution < 1.29 is 32.5 Å². The van der Waals surface area contributed by atoms with Crippen molar-refractivity contribution in [1.82, 2.24) is 4.90 Å². The molecule has 2 heterocycles. The van der Waals surface area contributed by atoms with Crippen LogP contribution in [0.15, 0.2) is 24.3 Å². The molecule has 0 radical (unpaired) electrons. The van der Waals surface area contributed by atoms with Gasteiger partial charge in [-0.3, -0.25) is 14.9 Å². The van der Waals surface area contributed by atoms with Gasteiger partial charge in [-0.05, 0) is 38.5 Å². The first-order chi connectivity index (χ1) is 13.4. The quantitative estimate of drug-likeness (QED) is 0.285. The molecule has 0 N–H and O–H groups in total. The van der Waals surface area contributed by atoms with Crippen LogP contribution in [0.3, 0.4) is 0 Å². The molecule has 3 rings (SSSR count). The Hall–Kier alpha value is -2.82. The molecule has 29 heavy (non-hydrogen) atoms. The standard InChI is InChI=1S/C18H20N2O8S/c1-10(21)8-13-15(22)19-14(18(2,3)29(26,27)16(13)19)17(23)28-9-11-4-6-12(7-5-11)20(24)25/h4-7,13-14,16H,8-9H2,1-3H3/t13-,14+,16-/m1/s1. The monoisotopic (exact) mass is 424 g/mol. The summed E-state index contributed by atoms with van der Waals surface area (Å²) >= 11 is 0. The molecule has 0 saturated carbocycles. The van der Waals surface area contributed by atoms with Gasteiger partial charge >= 0.3 is 5.97 Å². The number of nitro benzene ring substituents is 1. The average Bonchev–Trinajstić information content (AvgIpc) is 2.78. The predicted molar refractivity (Wildman–Crippen MR) is 99.1 cm³/mol. The highest BCUT2D eigenvalue weighted by Gasteiger charge is 2.72. The summed E-state index contributed by atoms with van der Waals surface area (Å²) in [6.07, 6.45) is -0.195. The molecule has 156 valence electrons. The Morgan fingerprint density at radius 2 is 1.83 bits per heavy atom. The summed E-state index contributed by atoms with van der Waals surface area (Å²) in [5, 5.41) is 9.47. The van der Waals surface area contributed by atoms with E-state index in [-0.39, 0.29) is 24.5 Å². The van der Waals surface area contributed by atoms with Crippen molar-refractivity contribution in [3.05, 3.63) is 39.9 Å². The van der Waals surface area contributed by atoms with E-state index in [0.717, 1.165) is 4.90 Å². The predicted octanol–water partition coefficient (Wildman–Crippen LogP) is 0.977. The first-order valence-corrected chi connectivity index (χ1v) is 10.4. The number of carbonyl (C=O) groups excluding carboxylic acids is 3. The number of fused-ring (bicyclic) bond motifs is 1. The minimum Gasteiger partial charge on any atom is -0.459 e. The van der Waals surface area contributed by atoms with Gasteiger partial charge in [-0.15, -0.1) is 0 Å². The van der Waals surface area contributed by atoms with E-state index in [0.29, 0.717) is 5.56 Å². The highest BCUT2D eigenvalue weighted by Crippen LogP contribution is 2.49. The second-order valence-electron chi connectivity index (χ2n) is 7.73. The minimum absolute atomic E-state index is 0.117. The van der Waals surface area contributed by atoms with Crippen LogP contribution >= 0.6 is 0 Å². The van der Waals surface area contributed by atoms with E-state index >= 15 is 0 Å². The molecule has 0 spiro atoms. The van der Waals surface area contributed by atoms with Gasteiger partial charge < -0.3 is 14.4 Å². The second kappa shape index (κ2) is 6.90. The summed E-state index contributed by atoms with van der Waals surface area (Å²) in [6.45, 7) is 3.76. The molecule has 1 amide bonds. The van der Waals surface area contributed by atoms with Crippen molar-refractivity contribution in [2.75, 3.05) is 0 Å². The molecule has 1 aromatic carbocycles. The fraction of sp³-hybridized carbons (Fsp3) is 0.500. The van der Waals surface area contributed by atoms with Gasteiger partial charge in [-0.2, -0.15) is 0 Å². The number of hydrogen-bond acceptors (Lipinski definition) is 8. The van der Waals surface area contributed by atoms with Crippen LogP contribution in [0.2, 0.25) is 0 Å². The topological polar surface area (TPSA) is 141 Å². The summed E-state index contributed by atoms with van der Waals surface area (Å²) in [7, 11) is -3.91. The van der Waals surface area contributed by atoms with Crippen LogP contribution in [0, 0.1) is 16.0 Å². The number of nitro groups is 1. The van der Waals surface area contributed by atoms with Gasteiger partial charge in [-0.1, -0.05) is 0 Å². The van der Waals surface area contributed by atoms with Crippen molar-refractivity contribution in [2.24, 2.45) is 5.92 Å². The molecule has 11 heteroatoms. The van der Waals surface area contributed by atoms with Crippen LogP contribution in [0.5, 0.6) is 0 Å². The Bertz CT molecular complexity index is 999. The van der Waals surface area contributed by atoms with Gasteiger partial charge in [-0.25, -0.2) is 13.2 Å². The minimum atomic E-state index is -3.91. The maximum Gasteiger partial charge on any atom is 0.330 e. The number of carbonyl (C=O) groups is 3. The number of rotatable bonds is 6. The first-order valence-electron chi connectivity index (χ1n) is 8.84. The first kappa shape index (κ1) is 20.9. The van der Waals surface area contributed by atoms with E-state index in [9.17, 15) is 32.9 Å². The number of esters is 1. The molecule has 0 unspecified atom stereocenters. The summed E-state index contributed by atoms with van der Waals surface area (Å²) in [5.41, 5.74) is 0.358. The Morgan fingerprint density at radius 1 is 1.24 bits per heavy atom. The fourth-order valence-electron chi connectivity index (χ4n) is 3.83. The molecule has 2 aliphatic heterocycles. The average molecular weight is 424 g/mol. The molecule has 3 atom stereocenters. The van der Waals surface area contributed by atoms with Gasteiger partial charge in [0.15, 0.2) is 9.84 Å². The van der Waals surface area contributed by atoms with Crippen LogP contribution < -0.4 is 0 Å². The van der Waals surface area contributed by atoms with Gasteiger partial charge in [0.1, 0.15) is 23.8 Å². The second-order valence-corrected chi connectivity index (χ2v) is 10.4. The lowest BCUT2D eigenvalue weighted by Gasteiger charge is -2.42. The number of non-ortho nitro benzene ring substituents is 1. The van der Waals surface area contributed by atoms with Crippen LogP contribution in [-0.2, 0) is 35.6 Å². The molecule has 0 bridgehead atoms. The number of sulfone groups is 1. The van der Waals surface area contributed by atoms with Crippen molar-refractivity contribution in [2.45, 2.75) is 50.0 Å². The SMILES string of the molecule is CC(=O)C[C@@H]1C(=O)N2[C@@H](C(=O)OCc3ccc([N+](=O)[O-])cc3)C(C)(C)S(=O)(=O)[C@H]12. The van der Waals surface area contributed by atoms with E-state index in [1.807, 2.05) is 0 Å². The lowest BCUT2D eigenvalue weighted by molar-refractivity contribution is -0.384. The zero-order valence-corrected chi connectivity index (χ0v) is 16.8. The van der Waals surface area contributed by atoms with Crippen molar-refractivity contribution in [1.29, 1.82) is 0 Å². The fourth-order valence-corrected chi connectivity index (χ4v) is 6.15. The van der Waals surface area contributed by atoms with Crippen molar-refractivity contribution >= 4 is 33.2 Å². The summed E-state index contributed by atoms with van der Waals surface area (Å²) in [4.78, 5) is 47.7. The zero-order chi connectivity index (χ0) is 21.7. The van der Waals surface area contributed by atoms with E-state index in [2.05, 4.69) is 0 Å². The number of Topliss-reactive ketones (excluding diaryl/α,β-unsaturated/α-hetero) is 1. The number of ketones is 1. The maximum atomic E-state index is 12.9. The van der Waals surface area contributed by atoms with Crippen LogP contribution in [-0.4, -0.2) is 52.1 Å². The van der Waals surface area contributed by atoms with Gasteiger partial charge in [0, 0.05) is 18.6 Å². The van der Waals surface area contributed by atoms with Gasteiger partial charge in [0.2, 0.25) is 5.91 Å². The van der Waals surface area contributed by atoms with Crippen molar-refractivity contribution in [3.63, 3.8) is 0 Å². The highest BCUT2D eigenvalue weighted by atomic mass is 32.2. The third kappa shape index (κ3) is 3.18. The van der Waals surface area contributed by atoms with E-state index in [4.69, 9.17) is 4.74 Å². The number of ether oxygens (including phenoxy) is 1. The molecular formula is C18H20N2O8S. The number of benzene rings is 1. The molecule has 0 aromatic heterocycles. The summed E-state index contributed by atoms with van der Waals surface area (Å²) < 4.78 is 29.5. The summed E-state index contributed by atoms with van der Waals surface area (Å²) in [5.74, 6) is -2.73. The van der Waals surface area contributed by atoms with Crippen LogP contribution in [0.1, 0.15) is 32.8 Å². The molecular weight excluding hydrogens is 404 g/mol. The Balaban J connectivity index is 1.79.